The lowest BCUT2D eigenvalue weighted by atomic mass is 9.98. The smallest absolute Gasteiger partial charge is 0.261 e. The van der Waals surface area contributed by atoms with Crippen LogP contribution in [0.25, 0.3) is 0 Å². The van der Waals surface area contributed by atoms with Crippen LogP contribution in [0, 0.1) is 0 Å². The Balaban J connectivity index is 1.96. The van der Waals surface area contributed by atoms with E-state index < -0.39 is 0 Å². The zero-order chi connectivity index (χ0) is 19.6. The highest BCUT2D eigenvalue weighted by Crippen LogP contribution is 2.35. The van der Waals surface area contributed by atoms with E-state index in [-0.39, 0.29) is 28.9 Å². The van der Waals surface area contributed by atoms with Crippen molar-refractivity contribution < 1.29 is 19.7 Å². The minimum absolute atomic E-state index is 0.00424. The number of rotatable bonds is 4. The maximum atomic E-state index is 13.1. The summed E-state index contributed by atoms with van der Waals surface area (Å²) in [6.45, 7) is 6.70. The van der Waals surface area contributed by atoms with Gasteiger partial charge in [0.25, 0.3) is 5.91 Å². The number of phenolic OH excluding ortho intramolecular Hbond substituents is 2. The predicted molar refractivity (Wildman–Crippen MR) is 106 cm³/mol. The SMILES string of the molecule is CC(C)c1cc(C(=O)N(C)c2ccccc2N2CCOCC2)c(O)cc1O. The molecule has 1 aliphatic rings. The molecule has 2 N–H and O–H groups in total. The summed E-state index contributed by atoms with van der Waals surface area (Å²) in [5, 5.41) is 20.3. The molecule has 0 spiro atoms. The van der Waals surface area contributed by atoms with E-state index in [1.165, 1.54) is 6.07 Å². The Hall–Kier alpha value is -2.73. The molecule has 6 nitrogen and oxygen atoms in total. The summed E-state index contributed by atoms with van der Waals surface area (Å²) in [7, 11) is 1.70. The van der Waals surface area contributed by atoms with Gasteiger partial charge in [-0.15, -0.1) is 0 Å². The van der Waals surface area contributed by atoms with E-state index in [1.54, 1.807) is 18.0 Å². The second-order valence-electron chi connectivity index (χ2n) is 7.04. The Morgan fingerprint density at radius 2 is 1.78 bits per heavy atom. The average Bonchev–Trinajstić information content (AvgIpc) is 2.67. The van der Waals surface area contributed by atoms with Gasteiger partial charge >= 0.3 is 0 Å². The van der Waals surface area contributed by atoms with Crippen LogP contribution in [-0.2, 0) is 4.74 Å². The minimum Gasteiger partial charge on any atom is -0.508 e. The number of para-hydroxylation sites is 2. The number of phenols is 2. The molecule has 0 aromatic heterocycles. The number of hydrogen-bond donors (Lipinski definition) is 2. The first kappa shape index (κ1) is 19.0. The first-order valence-corrected chi connectivity index (χ1v) is 9.15. The number of morpholine rings is 1. The molecule has 1 amide bonds. The highest BCUT2D eigenvalue weighted by molar-refractivity contribution is 6.09. The van der Waals surface area contributed by atoms with Gasteiger partial charge in [-0.05, 0) is 29.7 Å². The summed E-state index contributed by atoms with van der Waals surface area (Å²) < 4.78 is 5.42. The second-order valence-corrected chi connectivity index (χ2v) is 7.04. The summed E-state index contributed by atoms with van der Waals surface area (Å²) >= 11 is 0. The molecule has 0 radical (unpaired) electrons. The number of hydrogen-bond acceptors (Lipinski definition) is 5. The minimum atomic E-state index is -0.324. The van der Waals surface area contributed by atoms with Crippen LogP contribution in [0.3, 0.4) is 0 Å². The van der Waals surface area contributed by atoms with Crippen molar-refractivity contribution in [1.82, 2.24) is 0 Å². The van der Waals surface area contributed by atoms with Gasteiger partial charge < -0.3 is 24.7 Å². The maximum absolute atomic E-state index is 13.1. The normalized spacial score (nSPS) is 14.4. The van der Waals surface area contributed by atoms with Crippen LogP contribution < -0.4 is 9.80 Å². The van der Waals surface area contributed by atoms with E-state index in [2.05, 4.69) is 4.90 Å². The van der Waals surface area contributed by atoms with Crippen LogP contribution in [0.4, 0.5) is 11.4 Å². The number of amides is 1. The highest BCUT2D eigenvalue weighted by atomic mass is 16.5. The maximum Gasteiger partial charge on any atom is 0.261 e. The molecule has 0 aliphatic carbocycles. The van der Waals surface area contributed by atoms with Crippen molar-refractivity contribution in [3.05, 3.63) is 47.5 Å². The molecule has 0 unspecified atom stereocenters. The first-order chi connectivity index (χ1) is 12.9. The van der Waals surface area contributed by atoms with E-state index in [9.17, 15) is 15.0 Å². The summed E-state index contributed by atoms with van der Waals surface area (Å²) in [6, 6.07) is 10.5. The quantitative estimate of drug-likeness (QED) is 0.864. The van der Waals surface area contributed by atoms with Gasteiger partial charge in [-0.25, -0.2) is 0 Å². The molecule has 1 heterocycles. The number of carbonyl (C=O) groups is 1. The van der Waals surface area contributed by atoms with Gasteiger partial charge in [0.05, 0.1) is 30.2 Å². The standard InChI is InChI=1S/C21H26N2O4/c1-14(2)15-12-16(20(25)13-19(15)24)21(26)22(3)17-6-4-5-7-18(17)23-8-10-27-11-9-23/h4-7,12-14,24-25H,8-11H2,1-3H3. The van der Waals surface area contributed by atoms with Gasteiger partial charge in [-0.3, -0.25) is 4.79 Å². The summed E-state index contributed by atoms with van der Waals surface area (Å²) in [4.78, 5) is 16.9. The van der Waals surface area contributed by atoms with Crippen LogP contribution in [0.15, 0.2) is 36.4 Å². The number of benzene rings is 2. The van der Waals surface area contributed by atoms with Gasteiger partial charge in [-0.1, -0.05) is 26.0 Å². The fourth-order valence-electron chi connectivity index (χ4n) is 3.34. The lowest BCUT2D eigenvalue weighted by Crippen LogP contribution is -2.38. The molecule has 0 atom stereocenters. The van der Waals surface area contributed by atoms with Gasteiger partial charge in [0, 0.05) is 26.2 Å². The van der Waals surface area contributed by atoms with Crippen molar-refractivity contribution in [3.8, 4) is 11.5 Å². The van der Waals surface area contributed by atoms with Crippen molar-refractivity contribution >= 4 is 17.3 Å². The molecule has 6 heteroatoms. The Morgan fingerprint density at radius 3 is 2.44 bits per heavy atom. The molecular weight excluding hydrogens is 344 g/mol. The fraction of sp³-hybridized carbons (Fsp3) is 0.381. The fourth-order valence-corrected chi connectivity index (χ4v) is 3.34. The van der Waals surface area contributed by atoms with Crippen LogP contribution in [0.1, 0.15) is 35.7 Å². The van der Waals surface area contributed by atoms with Crippen LogP contribution in [-0.4, -0.2) is 49.5 Å². The predicted octanol–water partition coefficient (Wildman–Crippen LogP) is 3.33. The largest absolute Gasteiger partial charge is 0.508 e. The molecule has 0 bridgehead atoms. The Kier molecular flexibility index (Phi) is 5.56. The van der Waals surface area contributed by atoms with Crippen LogP contribution in [0.2, 0.25) is 0 Å². The third-order valence-corrected chi connectivity index (χ3v) is 4.90. The zero-order valence-corrected chi connectivity index (χ0v) is 16.0. The van der Waals surface area contributed by atoms with Crippen molar-refractivity contribution in [2.24, 2.45) is 0 Å². The molecule has 3 rings (SSSR count). The molecule has 1 fully saturated rings. The third kappa shape index (κ3) is 3.85. The van der Waals surface area contributed by atoms with E-state index in [4.69, 9.17) is 4.74 Å². The van der Waals surface area contributed by atoms with Gasteiger partial charge in [0.1, 0.15) is 11.5 Å². The lowest BCUT2D eigenvalue weighted by molar-refractivity contribution is 0.0990. The highest BCUT2D eigenvalue weighted by Gasteiger charge is 2.24. The molecule has 2 aromatic rings. The Morgan fingerprint density at radius 1 is 1.11 bits per heavy atom. The molecule has 144 valence electrons. The zero-order valence-electron chi connectivity index (χ0n) is 16.0. The summed E-state index contributed by atoms with van der Waals surface area (Å²) in [5.41, 5.74) is 2.53. The van der Waals surface area contributed by atoms with E-state index >= 15 is 0 Å². The Labute approximate surface area is 159 Å². The van der Waals surface area contributed by atoms with Gasteiger partial charge in [0.15, 0.2) is 0 Å². The molecule has 1 saturated heterocycles. The topological polar surface area (TPSA) is 73.2 Å². The van der Waals surface area contributed by atoms with Gasteiger partial charge in [-0.2, -0.15) is 0 Å². The molecule has 2 aromatic carbocycles. The number of nitrogens with zero attached hydrogens (tertiary/aromatic N) is 2. The number of carbonyl (C=O) groups excluding carboxylic acids is 1. The lowest BCUT2D eigenvalue weighted by Gasteiger charge is -2.32. The van der Waals surface area contributed by atoms with Gasteiger partial charge in [0.2, 0.25) is 0 Å². The van der Waals surface area contributed by atoms with Crippen LogP contribution in [0.5, 0.6) is 11.5 Å². The van der Waals surface area contributed by atoms with Crippen molar-refractivity contribution in [2.75, 3.05) is 43.2 Å². The van der Waals surface area contributed by atoms with E-state index in [1.807, 2.05) is 38.1 Å². The van der Waals surface area contributed by atoms with Crippen molar-refractivity contribution in [3.63, 3.8) is 0 Å². The summed E-state index contributed by atoms with van der Waals surface area (Å²) in [6.07, 6.45) is 0. The average molecular weight is 370 g/mol. The molecular formula is C21H26N2O4. The second kappa shape index (κ2) is 7.88. The molecule has 0 saturated carbocycles. The van der Waals surface area contributed by atoms with Crippen LogP contribution >= 0.6 is 0 Å². The third-order valence-electron chi connectivity index (χ3n) is 4.90. The summed E-state index contributed by atoms with van der Waals surface area (Å²) in [5.74, 6) is -0.522. The van der Waals surface area contributed by atoms with Crippen molar-refractivity contribution in [1.29, 1.82) is 0 Å². The molecule has 1 aliphatic heterocycles. The Bertz CT molecular complexity index is 829. The number of ether oxygens (including phenoxy) is 1. The van der Waals surface area contributed by atoms with E-state index in [0.29, 0.717) is 18.8 Å². The molecule has 27 heavy (non-hydrogen) atoms. The van der Waals surface area contributed by atoms with E-state index in [0.717, 1.165) is 24.5 Å². The van der Waals surface area contributed by atoms with Crippen molar-refractivity contribution in [2.45, 2.75) is 19.8 Å². The first-order valence-electron chi connectivity index (χ1n) is 9.15. The number of anilines is 2. The monoisotopic (exact) mass is 370 g/mol. The number of aromatic hydroxyl groups is 2.